The molecule has 1 aliphatic heterocycles. The van der Waals surface area contributed by atoms with E-state index in [2.05, 4.69) is 4.90 Å². The topological polar surface area (TPSA) is 75.6 Å². The van der Waals surface area contributed by atoms with Crippen LogP contribution in [-0.4, -0.2) is 53.5 Å². The molecule has 2 amide bonds. The van der Waals surface area contributed by atoms with Gasteiger partial charge in [-0.15, -0.1) is 0 Å². The molecule has 4 N–H and O–H groups in total. The zero-order valence-electron chi connectivity index (χ0n) is 7.40. The number of rotatable bonds is 2. The van der Waals surface area contributed by atoms with Crippen LogP contribution in [0.1, 0.15) is 0 Å². The first-order valence-electron chi connectivity index (χ1n) is 4.14. The van der Waals surface area contributed by atoms with Gasteiger partial charge in [0.2, 0.25) is 0 Å². The van der Waals surface area contributed by atoms with Crippen LogP contribution < -0.4 is 11.5 Å². The second kappa shape index (κ2) is 4.38. The van der Waals surface area contributed by atoms with E-state index in [1.165, 1.54) is 0 Å². The summed E-state index contributed by atoms with van der Waals surface area (Å²) in [5.41, 5.74) is 10.5. The fourth-order valence-corrected chi connectivity index (χ4v) is 1.53. The quantitative estimate of drug-likeness (QED) is 0.561. The maximum atomic E-state index is 10.8. The van der Waals surface area contributed by atoms with Gasteiger partial charge in [-0.25, -0.2) is 4.79 Å². The Hall–Kier alpha value is -0.880. The van der Waals surface area contributed by atoms with Crippen molar-refractivity contribution in [3.8, 4) is 0 Å². The van der Waals surface area contributed by atoms with Crippen LogP contribution in [0.2, 0.25) is 0 Å². The number of carbonyl (C=O) groups is 1. The van der Waals surface area contributed by atoms with E-state index in [1.807, 2.05) is 0 Å². The maximum Gasteiger partial charge on any atom is 0.314 e. The Balaban J connectivity index is 2.30. The number of nitrogens with two attached hydrogens (primary N) is 2. The molecule has 0 aliphatic carbocycles. The molecular formula is C7H14N4OS. The predicted molar refractivity (Wildman–Crippen MR) is 54.4 cm³/mol. The van der Waals surface area contributed by atoms with E-state index in [-0.39, 0.29) is 6.03 Å². The summed E-state index contributed by atoms with van der Waals surface area (Å²) >= 11 is 4.79. The first-order chi connectivity index (χ1) is 6.09. The molecule has 0 aromatic heterocycles. The molecule has 0 bridgehead atoms. The van der Waals surface area contributed by atoms with Gasteiger partial charge in [0.05, 0.1) is 4.99 Å². The second-order valence-corrected chi connectivity index (χ2v) is 3.59. The van der Waals surface area contributed by atoms with Crippen molar-refractivity contribution in [2.45, 2.75) is 0 Å². The Morgan fingerprint density at radius 2 is 1.77 bits per heavy atom. The Labute approximate surface area is 82.6 Å². The van der Waals surface area contributed by atoms with E-state index < -0.39 is 0 Å². The molecule has 1 fully saturated rings. The number of primary amides is 1. The van der Waals surface area contributed by atoms with Gasteiger partial charge in [-0.2, -0.15) is 0 Å². The molecule has 1 heterocycles. The zero-order chi connectivity index (χ0) is 9.84. The van der Waals surface area contributed by atoms with Gasteiger partial charge in [0.1, 0.15) is 0 Å². The minimum Gasteiger partial charge on any atom is -0.392 e. The SMILES string of the molecule is NC(=O)N1CCN(CC(N)=S)CC1. The molecule has 13 heavy (non-hydrogen) atoms. The molecule has 0 aromatic rings. The van der Waals surface area contributed by atoms with Crippen LogP contribution in [0.25, 0.3) is 0 Å². The number of piperazine rings is 1. The minimum atomic E-state index is -0.352. The van der Waals surface area contributed by atoms with Gasteiger partial charge in [0, 0.05) is 32.7 Å². The van der Waals surface area contributed by atoms with E-state index >= 15 is 0 Å². The highest BCUT2D eigenvalue weighted by atomic mass is 32.1. The lowest BCUT2D eigenvalue weighted by molar-refractivity contribution is 0.155. The smallest absolute Gasteiger partial charge is 0.314 e. The summed E-state index contributed by atoms with van der Waals surface area (Å²) < 4.78 is 0. The summed E-state index contributed by atoms with van der Waals surface area (Å²) in [4.78, 5) is 15.0. The fraction of sp³-hybridized carbons (Fsp3) is 0.714. The summed E-state index contributed by atoms with van der Waals surface area (Å²) in [5.74, 6) is 0. The van der Waals surface area contributed by atoms with E-state index in [0.29, 0.717) is 24.6 Å². The van der Waals surface area contributed by atoms with Crippen molar-refractivity contribution < 1.29 is 4.79 Å². The van der Waals surface area contributed by atoms with Crippen molar-refractivity contribution in [2.75, 3.05) is 32.7 Å². The van der Waals surface area contributed by atoms with Gasteiger partial charge in [-0.05, 0) is 0 Å². The minimum absolute atomic E-state index is 0.352. The average Bonchev–Trinajstić information content (AvgIpc) is 2.04. The van der Waals surface area contributed by atoms with E-state index in [9.17, 15) is 4.79 Å². The summed E-state index contributed by atoms with van der Waals surface area (Å²) in [7, 11) is 0. The van der Waals surface area contributed by atoms with Gasteiger partial charge >= 0.3 is 6.03 Å². The predicted octanol–water partition coefficient (Wildman–Crippen LogP) is -1.03. The summed E-state index contributed by atoms with van der Waals surface area (Å²) in [6.45, 7) is 3.54. The molecule has 0 spiro atoms. The lowest BCUT2D eigenvalue weighted by atomic mass is 10.3. The lowest BCUT2D eigenvalue weighted by Crippen LogP contribution is -2.51. The van der Waals surface area contributed by atoms with E-state index in [4.69, 9.17) is 23.7 Å². The van der Waals surface area contributed by atoms with Crippen molar-refractivity contribution in [2.24, 2.45) is 11.5 Å². The van der Waals surface area contributed by atoms with Crippen LogP contribution in [0.4, 0.5) is 4.79 Å². The molecule has 0 unspecified atom stereocenters. The summed E-state index contributed by atoms with van der Waals surface area (Å²) in [6.07, 6.45) is 0. The molecule has 74 valence electrons. The average molecular weight is 202 g/mol. The standard InChI is InChI=1S/C7H14N4OS/c8-6(13)5-10-1-3-11(4-2-10)7(9)12/h1-5H2,(H2,8,13)(H2,9,12). The number of hydrogen-bond donors (Lipinski definition) is 2. The van der Waals surface area contributed by atoms with Gasteiger partial charge in [0.25, 0.3) is 0 Å². The van der Waals surface area contributed by atoms with Crippen LogP contribution in [0.15, 0.2) is 0 Å². The number of nitrogens with zero attached hydrogens (tertiary/aromatic N) is 2. The maximum absolute atomic E-state index is 10.8. The first-order valence-corrected chi connectivity index (χ1v) is 4.55. The second-order valence-electron chi connectivity index (χ2n) is 3.07. The van der Waals surface area contributed by atoms with Crippen LogP contribution in [0.5, 0.6) is 0 Å². The number of amides is 2. The van der Waals surface area contributed by atoms with Crippen LogP contribution in [0.3, 0.4) is 0 Å². The summed E-state index contributed by atoms with van der Waals surface area (Å²) in [5, 5.41) is 0. The zero-order valence-corrected chi connectivity index (χ0v) is 8.22. The highest BCUT2D eigenvalue weighted by Crippen LogP contribution is 2.00. The van der Waals surface area contributed by atoms with E-state index in [1.54, 1.807) is 4.90 Å². The Kier molecular flexibility index (Phi) is 3.44. The molecule has 1 rings (SSSR count). The van der Waals surface area contributed by atoms with Crippen LogP contribution in [0, 0.1) is 0 Å². The number of urea groups is 1. The van der Waals surface area contributed by atoms with Crippen molar-refractivity contribution >= 4 is 23.2 Å². The number of thiocarbonyl (C=S) groups is 1. The largest absolute Gasteiger partial charge is 0.392 e. The lowest BCUT2D eigenvalue weighted by Gasteiger charge is -2.33. The van der Waals surface area contributed by atoms with Crippen molar-refractivity contribution in [3.63, 3.8) is 0 Å². The van der Waals surface area contributed by atoms with Crippen LogP contribution in [-0.2, 0) is 0 Å². The number of hydrogen-bond acceptors (Lipinski definition) is 3. The highest BCUT2D eigenvalue weighted by Gasteiger charge is 2.18. The van der Waals surface area contributed by atoms with Crippen molar-refractivity contribution in [3.05, 3.63) is 0 Å². The number of carbonyl (C=O) groups excluding carboxylic acids is 1. The molecule has 0 aromatic carbocycles. The van der Waals surface area contributed by atoms with Crippen molar-refractivity contribution in [1.29, 1.82) is 0 Å². The molecule has 5 nitrogen and oxygen atoms in total. The summed E-state index contributed by atoms with van der Waals surface area (Å²) in [6, 6.07) is -0.352. The highest BCUT2D eigenvalue weighted by molar-refractivity contribution is 7.80. The third-order valence-electron chi connectivity index (χ3n) is 2.06. The Bertz CT molecular complexity index is 213. The molecule has 1 aliphatic rings. The van der Waals surface area contributed by atoms with Gasteiger partial charge in [0.15, 0.2) is 0 Å². The first kappa shape index (κ1) is 10.2. The molecular weight excluding hydrogens is 188 g/mol. The Morgan fingerprint density at radius 3 is 2.15 bits per heavy atom. The van der Waals surface area contributed by atoms with Crippen molar-refractivity contribution in [1.82, 2.24) is 9.80 Å². The van der Waals surface area contributed by atoms with Gasteiger partial charge in [-0.1, -0.05) is 12.2 Å². The molecule has 1 saturated heterocycles. The molecule has 0 radical (unpaired) electrons. The third-order valence-corrected chi connectivity index (χ3v) is 2.19. The molecule has 6 heteroatoms. The normalized spacial score (nSPS) is 18.6. The van der Waals surface area contributed by atoms with Gasteiger partial charge < -0.3 is 16.4 Å². The Morgan fingerprint density at radius 1 is 1.23 bits per heavy atom. The fourth-order valence-electron chi connectivity index (χ4n) is 1.35. The monoisotopic (exact) mass is 202 g/mol. The molecule has 0 atom stereocenters. The van der Waals surface area contributed by atoms with E-state index in [0.717, 1.165) is 13.1 Å². The third kappa shape index (κ3) is 3.16. The molecule has 0 saturated carbocycles. The van der Waals surface area contributed by atoms with Gasteiger partial charge in [-0.3, -0.25) is 4.90 Å². The van der Waals surface area contributed by atoms with Crippen LogP contribution >= 0.6 is 12.2 Å².